The molecule has 0 bridgehead atoms. The lowest BCUT2D eigenvalue weighted by Crippen LogP contribution is -2.56. The number of aliphatic imine (C=N–C) groups is 1. The van der Waals surface area contributed by atoms with E-state index in [4.69, 9.17) is 19.6 Å². The molecule has 2 atom stereocenters. The first-order valence-electron chi connectivity index (χ1n) is 13.3. The smallest absolute Gasteiger partial charge is 0.266 e. The first-order chi connectivity index (χ1) is 20.0. The third kappa shape index (κ3) is 7.60. The van der Waals surface area contributed by atoms with Crippen molar-refractivity contribution in [1.29, 1.82) is 0 Å². The lowest BCUT2D eigenvalue weighted by atomic mass is 9.84. The number of ether oxygens (including phenoxy) is 2. The molecule has 0 fully saturated rings. The van der Waals surface area contributed by atoms with E-state index in [1.54, 1.807) is 12.1 Å². The number of hydrogen-bond donors (Lipinski definition) is 5. The Balaban J connectivity index is 1.74. The molecule has 216 valence electrons. The number of carbonyl (C=O) groups excluding carboxylic acids is 1. The van der Waals surface area contributed by atoms with Gasteiger partial charge in [-0.15, -0.1) is 0 Å². The molecule has 3 aromatic rings. The molecule has 0 spiro atoms. The standard InChI is InChI=1S/C31H34BrN3O6/c32-27-12-5-4-11-26(27)28-31(30(39)35-34-24(20-37)21-38,17-6-10-22-8-2-1-3-9-22)33-29(41-28)23-13-15-25(16-14-23)40-19-7-18-36/h1-6,8-16,24,28,34,36-38H,7,17-21H2,(H,35,39)/b10-6+/t28-,31-/m0/s1. The third-order valence-electron chi connectivity index (χ3n) is 6.59. The molecule has 0 aromatic heterocycles. The maximum atomic E-state index is 14.0. The second-order valence-corrected chi connectivity index (χ2v) is 10.3. The monoisotopic (exact) mass is 623 g/mol. The van der Waals surface area contributed by atoms with Crippen LogP contribution in [0.5, 0.6) is 5.75 Å². The van der Waals surface area contributed by atoms with E-state index in [2.05, 4.69) is 26.8 Å². The summed E-state index contributed by atoms with van der Waals surface area (Å²) in [5.74, 6) is 0.444. The Labute approximate surface area is 247 Å². The molecule has 1 aliphatic rings. The molecule has 0 unspecified atom stereocenters. The van der Waals surface area contributed by atoms with Gasteiger partial charge in [-0.2, -0.15) is 0 Å². The fourth-order valence-corrected chi connectivity index (χ4v) is 4.84. The summed E-state index contributed by atoms with van der Waals surface area (Å²) in [6.45, 7) is -0.301. The van der Waals surface area contributed by atoms with E-state index in [0.29, 0.717) is 24.3 Å². The summed E-state index contributed by atoms with van der Waals surface area (Å²) in [5.41, 5.74) is 6.29. The van der Waals surface area contributed by atoms with Crippen molar-refractivity contribution in [2.24, 2.45) is 4.99 Å². The van der Waals surface area contributed by atoms with E-state index < -0.39 is 23.6 Å². The van der Waals surface area contributed by atoms with Crippen molar-refractivity contribution in [1.82, 2.24) is 10.9 Å². The van der Waals surface area contributed by atoms with Gasteiger partial charge in [-0.05, 0) is 35.9 Å². The highest BCUT2D eigenvalue weighted by Gasteiger charge is 2.53. The average Bonchev–Trinajstić information content (AvgIpc) is 3.39. The minimum atomic E-state index is -1.44. The zero-order valence-corrected chi connectivity index (χ0v) is 24.0. The number of aliphatic hydroxyl groups is 3. The number of nitrogens with one attached hydrogen (secondary N) is 2. The minimum Gasteiger partial charge on any atom is -0.494 e. The lowest BCUT2D eigenvalue weighted by molar-refractivity contribution is -0.130. The fraction of sp³-hybridized carbons (Fsp3) is 0.290. The molecular formula is C31H34BrN3O6. The van der Waals surface area contributed by atoms with Crippen molar-refractivity contribution < 1.29 is 29.6 Å². The molecule has 1 heterocycles. The molecule has 4 rings (SSSR count). The van der Waals surface area contributed by atoms with Gasteiger partial charge >= 0.3 is 0 Å². The third-order valence-corrected chi connectivity index (χ3v) is 7.31. The minimum absolute atomic E-state index is 0.0498. The van der Waals surface area contributed by atoms with E-state index >= 15 is 0 Å². The van der Waals surface area contributed by atoms with Crippen molar-refractivity contribution >= 4 is 33.8 Å². The van der Waals surface area contributed by atoms with Crippen LogP contribution in [-0.2, 0) is 9.53 Å². The Kier molecular flexibility index (Phi) is 11.1. The molecule has 1 amide bonds. The number of halogens is 1. The second kappa shape index (κ2) is 14.9. The number of carbonyl (C=O) groups is 1. The molecule has 0 saturated heterocycles. The van der Waals surface area contributed by atoms with Crippen molar-refractivity contribution in [3.63, 3.8) is 0 Å². The summed E-state index contributed by atoms with van der Waals surface area (Å²) in [4.78, 5) is 18.9. The van der Waals surface area contributed by atoms with Gasteiger partial charge in [-0.1, -0.05) is 76.6 Å². The van der Waals surface area contributed by atoms with Crippen LogP contribution in [0.3, 0.4) is 0 Å². The summed E-state index contributed by atoms with van der Waals surface area (Å²) >= 11 is 3.62. The Morgan fingerprint density at radius 3 is 2.41 bits per heavy atom. The Hall–Kier alpha value is -3.54. The quantitative estimate of drug-likeness (QED) is 0.137. The molecular weight excluding hydrogens is 590 g/mol. The van der Waals surface area contributed by atoms with Crippen LogP contribution in [0.4, 0.5) is 0 Å². The summed E-state index contributed by atoms with van der Waals surface area (Å²) in [6, 6.07) is 23.7. The number of hydrazine groups is 1. The van der Waals surface area contributed by atoms with E-state index in [1.165, 1.54) is 0 Å². The topological polar surface area (TPSA) is 133 Å². The van der Waals surface area contributed by atoms with Gasteiger partial charge in [0.25, 0.3) is 5.91 Å². The Morgan fingerprint density at radius 1 is 1.02 bits per heavy atom. The van der Waals surface area contributed by atoms with Gasteiger partial charge in [0.1, 0.15) is 5.75 Å². The highest BCUT2D eigenvalue weighted by Crippen LogP contribution is 2.45. The highest BCUT2D eigenvalue weighted by atomic mass is 79.9. The van der Waals surface area contributed by atoms with Crippen LogP contribution in [0.25, 0.3) is 6.08 Å². The molecule has 0 aliphatic carbocycles. The summed E-state index contributed by atoms with van der Waals surface area (Å²) < 4.78 is 12.9. The molecule has 9 nitrogen and oxygen atoms in total. The number of amides is 1. The van der Waals surface area contributed by atoms with Crippen LogP contribution in [-0.4, -0.2) is 65.1 Å². The van der Waals surface area contributed by atoms with Gasteiger partial charge in [-0.3, -0.25) is 10.2 Å². The maximum Gasteiger partial charge on any atom is 0.266 e. The first-order valence-corrected chi connectivity index (χ1v) is 14.1. The number of hydrogen-bond acceptors (Lipinski definition) is 8. The summed E-state index contributed by atoms with van der Waals surface area (Å²) in [7, 11) is 0. The largest absolute Gasteiger partial charge is 0.494 e. The van der Waals surface area contributed by atoms with Crippen LogP contribution in [0.2, 0.25) is 0 Å². The molecule has 10 heteroatoms. The predicted octanol–water partition coefficient (Wildman–Crippen LogP) is 3.54. The van der Waals surface area contributed by atoms with Gasteiger partial charge in [-0.25, -0.2) is 10.4 Å². The van der Waals surface area contributed by atoms with E-state index in [0.717, 1.165) is 15.6 Å². The van der Waals surface area contributed by atoms with Crippen LogP contribution in [0, 0.1) is 0 Å². The predicted molar refractivity (Wildman–Crippen MR) is 160 cm³/mol. The zero-order chi connectivity index (χ0) is 29.1. The van der Waals surface area contributed by atoms with E-state index in [1.807, 2.05) is 78.9 Å². The summed E-state index contributed by atoms with van der Waals surface area (Å²) in [5, 5.41) is 28.0. The molecule has 3 aromatic carbocycles. The number of benzene rings is 3. The van der Waals surface area contributed by atoms with Gasteiger partial charge in [0.2, 0.25) is 5.90 Å². The van der Waals surface area contributed by atoms with Crippen LogP contribution in [0.1, 0.15) is 35.6 Å². The zero-order valence-electron chi connectivity index (χ0n) is 22.4. The SMILES string of the molecule is O=C(NNC(CO)CO)[C@@]1(C/C=C/c2ccccc2)N=C(c2ccc(OCCCO)cc2)O[C@H]1c1ccccc1Br. The van der Waals surface area contributed by atoms with E-state index in [-0.39, 0.29) is 32.1 Å². The van der Waals surface area contributed by atoms with Crippen molar-refractivity contribution in [3.05, 3.63) is 106 Å². The van der Waals surface area contributed by atoms with E-state index in [9.17, 15) is 15.0 Å². The molecule has 41 heavy (non-hydrogen) atoms. The molecule has 1 aliphatic heterocycles. The van der Waals surface area contributed by atoms with Gasteiger partial charge in [0.15, 0.2) is 11.6 Å². The maximum absolute atomic E-state index is 14.0. The first kappa shape index (κ1) is 30.4. The highest BCUT2D eigenvalue weighted by molar-refractivity contribution is 9.10. The molecule has 0 saturated carbocycles. The van der Waals surface area contributed by atoms with Gasteiger partial charge in [0, 0.05) is 35.0 Å². The number of nitrogens with zero attached hydrogens (tertiary/aromatic N) is 1. The Bertz CT molecular complexity index is 1330. The molecule has 5 N–H and O–H groups in total. The fourth-order valence-electron chi connectivity index (χ4n) is 4.34. The van der Waals surface area contributed by atoms with Gasteiger partial charge < -0.3 is 24.8 Å². The number of rotatable bonds is 14. The van der Waals surface area contributed by atoms with Crippen molar-refractivity contribution in [2.45, 2.75) is 30.5 Å². The average molecular weight is 625 g/mol. The summed E-state index contributed by atoms with van der Waals surface area (Å²) in [6.07, 6.45) is 3.73. The van der Waals surface area contributed by atoms with Crippen molar-refractivity contribution in [3.8, 4) is 5.75 Å². The van der Waals surface area contributed by atoms with Crippen molar-refractivity contribution in [2.75, 3.05) is 26.4 Å². The number of aliphatic hydroxyl groups excluding tert-OH is 3. The lowest BCUT2D eigenvalue weighted by Gasteiger charge is -2.31. The molecule has 0 radical (unpaired) electrons. The van der Waals surface area contributed by atoms with Crippen LogP contribution < -0.4 is 15.6 Å². The van der Waals surface area contributed by atoms with Gasteiger partial charge in [0.05, 0.1) is 25.9 Å². The van der Waals surface area contributed by atoms with Crippen LogP contribution >= 0.6 is 15.9 Å². The normalized spacial score (nSPS) is 18.4. The Morgan fingerprint density at radius 2 is 1.73 bits per heavy atom. The second-order valence-electron chi connectivity index (χ2n) is 9.49. The van der Waals surface area contributed by atoms with Crippen LogP contribution in [0.15, 0.2) is 94.4 Å².